The highest BCUT2D eigenvalue weighted by Gasteiger charge is 2.44. The van der Waals surface area contributed by atoms with E-state index in [1.165, 1.54) is 6.07 Å². The Morgan fingerprint density at radius 2 is 1.97 bits per heavy atom. The molecule has 3 aliphatic rings. The average molecular weight is 474 g/mol. The topological polar surface area (TPSA) is 81.7 Å². The van der Waals surface area contributed by atoms with Crippen LogP contribution < -0.4 is 0 Å². The minimum Gasteiger partial charge on any atom is -0.342 e. The molecular formula is C27H28FN5O2. The third-order valence-corrected chi connectivity index (χ3v) is 7.25. The zero-order chi connectivity index (χ0) is 24.3. The number of aromatic amines is 1. The molecule has 7 nitrogen and oxygen atoms in total. The predicted molar refractivity (Wildman–Crippen MR) is 131 cm³/mol. The number of imidazole rings is 1. The smallest absolute Gasteiger partial charge is 0.255 e. The van der Waals surface area contributed by atoms with E-state index in [-0.39, 0.29) is 23.7 Å². The second-order valence-corrected chi connectivity index (χ2v) is 10.4. The van der Waals surface area contributed by atoms with E-state index in [0.29, 0.717) is 35.9 Å². The van der Waals surface area contributed by atoms with E-state index < -0.39 is 11.4 Å². The van der Waals surface area contributed by atoms with Gasteiger partial charge >= 0.3 is 0 Å². The molecule has 3 heterocycles. The van der Waals surface area contributed by atoms with Crippen molar-refractivity contribution in [1.82, 2.24) is 19.8 Å². The van der Waals surface area contributed by atoms with Crippen molar-refractivity contribution in [1.29, 1.82) is 0 Å². The fraction of sp³-hybridized carbons (Fsp3) is 0.407. The van der Waals surface area contributed by atoms with E-state index >= 15 is 4.39 Å². The predicted octanol–water partition coefficient (Wildman–Crippen LogP) is 3.99. The molecule has 6 rings (SSSR count). The van der Waals surface area contributed by atoms with Crippen LogP contribution in [0.5, 0.6) is 0 Å². The van der Waals surface area contributed by atoms with Gasteiger partial charge in [-0.15, -0.1) is 0 Å². The molecule has 1 saturated heterocycles. The van der Waals surface area contributed by atoms with Crippen LogP contribution in [0.25, 0.3) is 22.4 Å². The molecule has 2 aromatic carbocycles. The van der Waals surface area contributed by atoms with Gasteiger partial charge in [0.2, 0.25) is 5.91 Å². The van der Waals surface area contributed by atoms with Gasteiger partial charge in [-0.3, -0.25) is 19.5 Å². The maximum absolute atomic E-state index is 15.5. The lowest BCUT2D eigenvalue weighted by Gasteiger charge is -2.24. The lowest BCUT2D eigenvalue weighted by Crippen LogP contribution is -2.43. The number of hydrogen-bond acceptors (Lipinski definition) is 4. The summed E-state index contributed by atoms with van der Waals surface area (Å²) in [5.41, 5.74) is 1.67. The maximum Gasteiger partial charge on any atom is 0.255 e. The molecule has 0 spiro atoms. The zero-order valence-electron chi connectivity index (χ0n) is 19.9. The lowest BCUT2D eigenvalue weighted by molar-refractivity contribution is -0.131. The molecule has 2 fully saturated rings. The summed E-state index contributed by atoms with van der Waals surface area (Å²) in [5, 5.41) is 0. The van der Waals surface area contributed by atoms with Crippen LogP contribution in [-0.4, -0.2) is 62.6 Å². The Morgan fingerprint density at radius 3 is 2.71 bits per heavy atom. The van der Waals surface area contributed by atoms with Crippen LogP contribution in [0.15, 0.2) is 47.5 Å². The van der Waals surface area contributed by atoms with E-state index in [1.807, 2.05) is 29.2 Å². The van der Waals surface area contributed by atoms with Crippen LogP contribution in [0.4, 0.5) is 4.39 Å². The number of amides is 2. The molecular weight excluding hydrogens is 445 g/mol. The van der Waals surface area contributed by atoms with Crippen molar-refractivity contribution in [3.63, 3.8) is 0 Å². The molecule has 0 bridgehead atoms. The van der Waals surface area contributed by atoms with Gasteiger partial charge in [-0.05, 0) is 63.3 Å². The van der Waals surface area contributed by atoms with Crippen molar-refractivity contribution in [2.24, 2.45) is 16.8 Å². The van der Waals surface area contributed by atoms with Crippen molar-refractivity contribution < 1.29 is 14.0 Å². The summed E-state index contributed by atoms with van der Waals surface area (Å²) in [6, 6.07) is 12.6. The van der Waals surface area contributed by atoms with Gasteiger partial charge in [-0.2, -0.15) is 0 Å². The quantitative estimate of drug-likeness (QED) is 0.608. The van der Waals surface area contributed by atoms with Crippen LogP contribution >= 0.6 is 0 Å². The number of halogens is 1. The van der Waals surface area contributed by atoms with Gasteiger partial charge in [0, 0.05) is 31.1 Å². The van der Waals surface area contributed by atoms with Crippen molar-refractivity contribution in [3.8, 4) is 11.4 Å². The SMILES string of the molecule is CC1(C)N=C(c2ccc(-c3nc4ccccc4[nH]3)cc2F)N(C[C@@H]2CCN(C(=O)C3CC3)C2)C1=O. The fourth-order valence-electron chi connectivity index (χ4n) is 5.14. The molecule has 1 N–H and O–H groups in total. The summed E-state index contributed by atoms with van der Waals surface area (Å²) in [7, 11) is 0. The van der Waals surface area contributed by atoms with Crippen molar-refractivity contribution >= 4 is 28.7 Å². The molecule has 1 saturated carbocycles. The normalized spacial score (nSPS) is 21.7. The number of nitrogens with zero attached hydrogens (tertiary/aromatic N) is 4. The van der Waals surface area contributed by atoms with Crippen molar-refractivity contribution in [3.05, 3.63) is 53.8 Å². The summed E-state index contributed by atoms with van der Waals surface area (Å²) < 4.78 is 15.5. The third kappa shape index (κ3) is 3.90. The number of nitrogens with one attached hydrogen (secondary N) is 1. The highest BCUT2D eigenvalue weighted by atomic mass is 19.1. The fourth-order valence-corrected chi connectivity index (χ4v) is 5.14. The second kappa shape index (κ2) is 8.00. The lowest BCUT2D eigenvalue weighted by atomic mass is 10.0. The van der Waals surface area contributed by atoms with Crippen LogP contribution in [0.1, 0.15) is 38.7 Å². The third-order valence-electron chi connectivity index (χ3n) is 7.25. The van der Waals surface area contributed by atoms with Crippen molar-refractivity contribution in [2.45, 2.75) is 38.6 Å². The number of H-pyrrole nitrogens is 1. The monoisotopic (exact) mass is 473 g/mol. The van der Waals surface area contributed by atoms with E-state index in [9.17, 15) is 9.59 Å². The Kier molecular flexibility index (Phi) is 5.02. The average Bonchev–Trinajstić information content (AvgIpc) is 3.35. The van der Waals surface area contributed by atoms with Crippen LogP contribution in [0.2, 0.25) is 0 Å². The summed E-state index contributed by atoms with van der Waals surface area (Å²) in [6.07, 6.45) is 2.81. The molecule has 1 aromatic heterocycles. The summed E-state index contributed by atoms with van der Waals surface area (Å²) in [5.74, 6) is 0.942. The Balaban J connectivity index is 1.26. The summed E-state index contributed by atoms with van der Waals surface area (Å²) in [6.45, 7) is 5.31. The van der Waals surface area contributed by atoms with E-state index in [4.69, 9.17) is 0 Å². The summed E-state index contributed by atoms with van der Waals surface area (Å²) >= 11 is 0. The molecule has 8 heteroatoms. The number of rotatable bonds is 5. The van der Waals surface area contributed by atoms with E-state index in [2.05, 4.69) is 15.0 Å². The maximum atomic E-state index is 15.5. The standard InChI is InChI=1S/C27H28FN5O2/c1-27(2)26(35)33(15-16-11-12-32(14-16)25(34)17-7-8-17)24(31-27)19-10-9-18(13-20(19)28)23-29-21-5-3-4-6-22(21)30-23/h3-6,9-10,13,16-17H,7-8,11-12,14-15H2,1-2H3,(H,29,30)/t16-/m1/s1. The van der Waals surface area contributed by atoms with E-state index in [1.54, 1.807) is 30.9 Å². The number of para-hydroxylation sites is 2. The number of likely N-dealkylation sites (tertiary alicyclic amines) is 1. The van der Waals surface area contributed by atoms with Gasteiger partial charge in [0.15, 0.2) is 0 Å². The van der Waals surface area contributed by atoms with Crippen LogP contribution in [-0.2, 0) is 9.59 Å². The molecule has 0 unspecified atom stereocenters. The number of aromatic nitrogens is 2. The van der Waals surface area contributed by atoms with Crippen LogP contribution in [0.3, 0.4) is 0 Å². The molecule has 2 aliphatic heterocycles. The van der Waals surface area contributed by atoms with Gasteiger partial charge < -0.3 is 9.88 Å². The first-order valence-electron chi connectivity index (χ1n) is 12.3. The molecule has 3 aromatic rings. The Morgan fingerprint density at radius 1 is 1.17 bits per heavy atom. The Bertz CT molecular complexity index is 1340. The first kappa shape index (κ1) is 21.9. The van der Waals surface area contributed by atoms with Gasteiger partial charge in [0.05, 0.1) is 16.6 Å². The largest absolute Gasteiger partial charge is 0.342 e. The second-order valence-electron chi connectivity index (χ2n) is 10.4. The number of benzene rings is 2. The molecule has 35 heavy (non-hydrogen) atoms. The molecule has 180 valence electrons. The number of carbonyl (C=O) groups is 2. The van der Waals surface area contributed by atoms with E-state index in [0.717, 1.165) is 36.8 Å². The minimum absolute atomic E-state index is 0.139. The van der Waals surface area contributed by atoms with Crippen LogP contribution in [0, 0.1) is 17.7 Å². The minimum atomic E-state index is -0.957. The number of fused-ring (bicyclic) bond motifs is 1. The molecule has 1 aliphatic carbocycles. The van der Waals surface area contributed by atoms with Gasteiger partial charge in [-0.1, -0.05) is 18.2 Å². The van der Waals surface area contributed by atoms with Gasteiger partial charge in [0.1, 0.15) is 23.0 Å². The molecule has 0 radical (unpaired) electrons. The van der Waals surface area contributed by atoms with Crippen molar-refractivity contribution in [2.75, 3.05) is 19.6 Å². The Hall–Kier alpha value is -3.55. The summed E-state index contributed by atoms with van der Waals surface area (Å²) in [4.78, 5) is 41.6. The number of amidine groups is 1. The first-order valence-corrected chi connectivity index (χ1v) is 12.3. The Labute approximate surface area is 203 Å². The van der Waals surface area contributed by atoms with Gasteiger partial charge in [-0.25, -0.2) is 9.37 Å². The molecule has 1 atom stereocenters. The highest BCUT2D eigenvalue weighted by molar-refractivity contribution is 6.15. The highest BCUT2D eigenvalue weighted by Crippen LogP contribution is 2.34. The number of aliphatic imine (C=N–C) groups is 1. The first-order chi connectivity index (χ1) is 16.8. The number of hydrogen-bond donors (Lipinski definition) is 1. The van der Waals surface area contributed by atoms with Gasteiger partial charge in [0.25, 0.3) is 5.91 Å². The number of carbonyl (C=O) groups excluding carboxylic acids is 2. The zero-order valence-corrected chi connectivity index (χ0v) is 19.9. The molecule has 2 amide bonds.